The summed E-state index contributed by atoms with van der Waals surface area (Å²) < 4.78 is 15.0. The van der Waals surface area contributed by atoms with Gasteiger partial charge in [-0.1, -0.05) is 6.07 Å². The topological polar surface area (TPSA) is 34.4 Å². The van der Waals surface area contributed by atoms with Crippen LogP contribution in [0, 0.1) is 12.7 Å². The molecular weight excluding hydrogens is 243 g/mol. The first-order valence-electron chi connectivity index (χ1n) is 5.89. The molecule has 0 aliphatic carbocycles. The highest BCUT2D eigenvalue weighted by molar-refractivity contribution is 5.75. The summed E-state index contributed by atoms with van der Waals surface area (Å²) in [5, 5.41) is 0. The van der Waals surface area contributed by atoms with Crippen LogP contribution in [0.5, 0.6) is 0 Å². The lowest BCUT2D eigenvalue weighted by Crippen LogP contribution is -1.91. The van der Waals surface area contributed by atoms with Gasteiger partial charge in [-0.05, 0) is 42.8 Å². The van der Waals surface area contributed by atoms with Gasteiger partial charge >= 0.3 is 0 Å². The molecule has 19 heavy (non-hydrogen) atoms. The molecule has 0 N–H and O–H groups in total. The quantitative estimate of drug-likeness (QED) is 0.658. The predicted molar refractivity (Wildman–Crippen MR) is 70.7 cm³/mol. The summed E-state index contributed by atoms with van der Waals surface area (Å²) in [6.07, 6.45) is 2.57. The fourth-order valence-corrected chi connectivity index (χ4v) is 2.07. The van der Waals surface area contributed by atoms with E-state index < -0.39 is 0 Å². The molecule has 2 aromatic heterocycles. The van der Waals surface area contributed by atoms with E-state index in [9.17, 15) is 9.18 Å². The molecule has 0 bridgehead atoms. The monoisotopic (exact) mass is 254 g/mol. The second-order valence-corrected chi connectivity index (χ2v) is 4.39. The van der Waals surface area contributed by atoms with Crippen LogP contribution >= 0.6 is 0 Å². The number of rotatable bonds is 2. The number of hydrogen-bond acceptors (Lipinski definition) is 2. The van der Waals surface area contributed by atoms with Crippen LogP contribution < -0.4 is 0 Å². The summed E-state index contributed by atoms with van der Waals surface area (Å²) in [6.45, 7) is 1.71. The lowest BCUT2D eigenvalue weighted by molar-refractivity contribution is 0.111. The van der Waals surface area contributed by atoms with Crippen molar-refractivity contribution in [3.05, 3.63) is 59.7 Å². The molecule has 3 nitrogen and oxygen atoms in total. The summed E-state index contributed by atoms with van der Waals surface area (Å²) in [5.41, 5.74) is 3.36. The number of aromatic nitrogens is 2. The maximum atomic E-state index is 13.3. The highest BCUT2D eigenvalue weighted by Gasteiger charge is 2.08. The van der Waals surface area contributed by atoms with Gasteiger partial charge in [-0.15, -0.1) is 0 Å². The van der Waals surface area contributed by atoms with Crippen molar-refractivity contribution >= 4 is 11.9 Å². The molecule has 94 valence electrons. The third-order valence-electron chi connectivity index (χ3n) is 3.10. The fraction of sp³-hybridized carbons (Fsp3) is 0.0667. The van der Waals surface area contributed by atoms with Crippen molar-refractivity contribution in [3.63, 3.8) is 0 Å². The van der Waals surface area contributed by atoms with Gasteiger partial charge in [-0.25, -0.2) is 9.37 Å². The van der Waals surface area contributed by atoms with Gasteiger partial charge in [0.2, 0.25) is 0 Å². The summed E-state index contributed by atoms with van der Waals surface area (Å²) in [5.74, 6) is -0.235. The van der Waals surface area contributed by atoms with Crippen molar-refractivity contribution in [1.29, 1.82) is 0 Å². The Kier molecular flexibility index (Phi) is 2.63. The van der Waals surface area contributed by atoms with Crippen molar-refractivity contribution < 1.29 is 9.18 Å². The standard InChI is InChI=1S/C15H11FN2O/c1-10-7-11(5-6-13(10)16)14-8-18-12(9-19)3-2-4-15(18)17-14/h2-9H,1H3. The van der Waals surface area contributed by atoms with Gasteiger partial charge in [0.05, 0.1) is 11.4 Å². The smallest absolute Gasteiger partial charge is 0.166 e. The number of fused-ring (bicyclic) bond motifs is 1. The molecule has 0 fully saturated rings. The lowest BCUT2D eigenvalue weighted by Gasteiger charge is -1.99. The lowest BCUT2D eigenvalue weighted by atomic mass is 10.1. The van der Waals surface area contributed by atoms with E-state index in [1.807, 2.05) is 6.07 Å². The Morgan fingerprint density at radius 2 is 2.11 bits per heavy atom. The molecule has 3 aromatic rings. The molecule has 0 spiro atoms. The van der Waals surface area contributed by atoms with Gasteiger partial charge in [-0.3, -0.25) is 9.20 Å². The number of carbonyl (C=O) groups excluding carboxylic acids is 1. The second kappa shape index (κ2) is 4.31. The molecule has 0 atom stereocenters. The van der Waals surface area contributed by atoms with E-state index in [-0.39, 0.29) is 5.82 Å². The highest BCUT2D eigenvalue weighted by Crippen LogP contribution is 2.22. The van der Waals surface area contributed by atoms with Gasteiger partial charge in [0.15, 0.2) is 6.29 Å². The SMILES string of the molecule is Cc1cc(-c2cn3c(C=O)cccc3n2)ccc1F. The van der Waals surface area contributed by atoms with E-state index in [1.165, 1.54) is 6.07 Å². The van der Waals surface area contributed by atoms with E-state index >= 15 is 0 Å². The van der Waals surface area contributed by atoms with Gasteiger partial charge < -0.3 is 0 Å². The zero-order chi connectivity index (χ0) is 13.4. The molecule has 3 rings (SSSR count). The molecule has 0 amide bonds. The molecule has 0 aliphatic rings. The molecule has 1 aromatic carbocycles. The van der Waals surface area contributed by atoms with E-state index in [0.29, 0.717) is 16.9 Å². The van der Waals surface area contributed by atoms with Gasteiger partial charge in [0.1, 0.15) is 11.5 Å². The van der Waals surface area contributed by atoms with E-state index in [0.717, 1.165) is 17.5 Å². The Hall–Kier alpha value is -2.49. The number of imidazole rings is 1. The van der Waals surface area contributed by atoms with Crippen LogP contribution in [0.3, 0.4) is 0 Å². The third kappa shape index (κ3) is 1.91. The Morgan fingerprint density at radius 3 is 2.84 bits per heavy atom. The minimum absolute atomic E-state index is 0.235. The van der Waals surface area contributed by atoms with Crippen LogP contribution in [-0.2, 0) is 0 Å². The van der Waals surface area contributed by atoms with E-state index in [2.05, 4.69) is 4.98 Å². The van der Waals surface area contributed by atoms with Crippen LogP contribution in [0.1, 0.15) is 16.1 Å². The molecule has 4 heteroatoms. The van der Waals surface area contributed by atoms with Gasteiger partial charge in [0.25, 0.3) is 0 Å². The minimum atomic E-state index is -0.235. The Labute approximate surface area is 109 Å². The average Bonchev–Trinajstić information content (AvgIpc) is 2.85. The zero-order valence-corrected chi connectivity index (χ0v) is 10.3. The first-order valence-corrected chi connectivity index (χ1v) is 5.89. The Balaban J connectivity index is 2.20. The summed E-state index contributed by atoms with van der Waals surface area (Å²) in [7, 11) is 0. The number of nitrogens with zero attached hydrogens (tertiary/aromatic N) is 2. The fourth-order valence-electron chi connectivity index (χ4n) is 2.07. The number of halogens is 1. The van der Waals surface area contributed by atoms with Crippen molar-refractivity contribution in [2.24, 2.45) is 0 Å². The Bertz CT molecular complexity index is 777. The normalized spacial score (nSPS) is 10.8. The average molecular weight is 254 g/mol. The molecule has 0 saturated carbocycles. The minimum Gasteiger partial charge on any atom is -0.296 e. The number of aryl methyl sites for hydroxylation is 1. The number of pyridine rings is 1. The van der Waals surface area contributed by atoms with Crippen LogP contribution in [-0.4, -0.2) is 15.7 Å². The number of benzene rings is 1. The van der Waals surface area contributed by atoms with Gasteiger partial charge in [-0.2, -0.15) is 0 Å². The molecule has 2 heterocycles. The van der Waals surface area contributed by atoms with Crippen molar-refractivity contribution in [1.82, 2.24) is 9.38 Å². The summed E-state index contributed by atoms with van der Waals surface area (Å²) in [4.78, 5) is 15.4. The van der Waals surface area contributed by atoms with Crippen molar-refractivity contribution in [2.75, 3.05) is 0 Å². The second-order valence-electron chi connectivity index (χ2n) is 4.39. The van der Waals surface area contributed by atoms with Crippen LogP contribution in [0.15, 0.2) is 42.6 Å². The summed E-state index contributed by atoms with van der Waals surface area (Å²) >= 11 is 0. The summed E-state index contributed by atoms with van der Waals surface area (Å²) in [6, 6.07) is 10.2. The van der Waals surface area contributed by atoms with Crippen molar-refractivity contribution in [3.8, 4) is 11.3 Å². The molecule has 0 aliphatic heterocycles. The Morgan fingerprint density at radius 1 is 1.26 bits per heavy atom. The predicted octanol–water partition coefficient (Wildman–Crippen LogP) is 3.26. The van der Waals surface area contributed by atoms with E-state index in [1.54, 1.807) is 41.8 Å². The van der Waals surface area contributed by atoms with Crippen molar-refractivity contribution in [2.45, 2.75) is 6.92 Å². The maximum Gasteiger partial charge on any atom is 0.166 e. The molecular formula is C15H11FN2O. The van der Waals surface area contributed by atoms with Crippen LogP contribution in [0.2, 0.25) is 0 Å². The first kappa shape index (κ1) is 11.6. The number of aldehydes is 1. The zero-order valence-electron chi connectivity index (χ0n) is 10.3. The molecule has 0 unspecified atom stereocenters. The number of hydrogen-bond donors (Lipinski definition) is 0. The third-order valence-corrected chi connectivity index (χ3v) is 3.10. The maximum absolute atomic E-state index is 13.3. The first-order chi connectivity index (χ1) is 9.19. The van der Waals surface area contributed by atoms with Crippen LogP contribution in [0.25, 0.3) is 16.9 Å². The van der Waals surface area contributed by atoms with Crippen LogP contribution in [0.4, 0.5) is 4.39 Å². The highest BCUT2D eigenvalue weighted by atomic mass is 19.1. The molecule has 0 radical (unpaired) electrons. The largest absolute Gasteiger partial charge is 0.296 e. The molecule has 0 saturated heterocycles. The van der Waals surface area contributed by atoms with E-state index in [4.69, 9.17) is 0 Å². The van der Waals surface area contributed by atoms with Gasteiger partial charge in [0, 0.05) is 11.8 Å². The number of carbonyl (C=O) groups is 1.